The molecule has 128 valence electrons. The molecule has 0 aliphatic carbocycles. The van der Waals surface area contributed by atoms with E-state index >= 15 is 0 Å². The summed E-state index contributed by atoms with van der Waals surface area (Å²) in [5, 5.41) is 12.2. The molecule has 0 spiro atoms. The van der Waals surface area contributed by atoms with Gasteiger partial charge in [0.15, 0.2) is 11.5 Å². The molecule has 2 rings (SSSR count). The van der Waals surface area contributed by atoms with Gasteiger partial charge in [-0.15, -0.1) is 11.3 Å². The minimum Gasteiger partial charge on any atom is -0.493 e. The highest BCUT2D eigenvalue weighted by atomic mass is 32.1. The molecule has 0 radical (unpaired) electrons. The van der Waals surface area contributed by atoms with Crippen molar-refractivity contribution in [1.29, 1.82) is 0 Å². The van der Waals surface area contributed by atoms with Crippen molar-refractivity contribution >= 4 is 28.2 Å². The topological polar surface area (TPSA) is 94.1 Å². The number of methoxy groups -OCH3 is 3. The predicted molar refractivity (Wildman–Crippen MR) is 89.1 cm³/mol. The van der Waals surface area contributed by atoms with Crippen LogP contribution in [-0.4, -0.2) is 38.3 Å². The minimum atomic E-state index is -0.589. The van der Waals surface area contributed by atoms with Crippen LogP contribution in [0.15, 0.2) is 24.3 Å². The first kappa shape index (κ1) is 17.8. The van der Waals surface area contributed by atoms with Gasteiger partial charge in [0.2, 0.25) is 0 Å². The first-order valence-corrected chi connectivity index (χ1v) is 7.71. The van der Waals surface area contributed by atoms with Gasteiger partial charge in [0.25, 0.3) is 5.91 Å². The summed E-state index contributed by atoms with van der Waals surface area (Å²) < 4.78 is 15.0. The van der Waals surface area contributed by atoms with Gasteiger partial charge in [0.1, 0.15) is 5.00 Å². The Morgan fingerprint density at radius 1 is 1.12 bits per heavy atom. The fourth-order valence-corrected chi connectivity index (χ4v) is 2.93. The van der Waals surface area contributed by atoms with E-state index < -0.39 is 11.9 Å². The number of benzene rings is 1. The number of carbonyl (C=O) groups excluding carboxylic acids is 2. The maximum absolute atomic E-state index is 12.4. The molecule has 0 aliphatic heterocycles. The smallest absolute Gasteiger partial charge is 0.340 e. The standard InChI is InChI=1S/C16H17NO6S/c1-21-12-5-4-9(6-13(12)22-2)14(19)17-15-11(16(20)23-3)7-10(8-18)24-15/h4-7,18H,8H2,1-3H3,(H,17,19). The number of aliphatic hydroxyl groups is 1. The number of ether oxygens (including phenoxy) is 3. The summed E-state index contributed by atoms with van der Waals surface area (Å²) in [5.41, 5.74) is 0.530. The first-order chi connectivity index (χ1) is 11.5. The molecule has 1 amide bonds. The largest absolute Gasteiger partial charge is 0.493 e. The van der Waals surface area contributed by atoms with Crippen molar-refractivity contribution in [2.45, 2.75) is 6.61 Å². The van der Waals surface area contributed by atoms with E-state index in [2.05, 4.69) is 10.1 Å². The van der Waals surface area contributed by atoms with E-state index in [-0.39, 0.29) is 12.2 Å². The third-order valence-electron chi connectivity index (χ3n) is 3.22. The van der Waals surface area contributed by atoms with Crippen LogP contribution in [0.5, 0.6) is 11.5 Å². The number of esters is 1. The number of hydrogen-bond acceptors (Lipinski definition) is 7. The van der Waals surface area contributed by atoms with E-state index in [4.69, 9.17) is 9.47 Å². The lowest BCUT2D eigenvalue weighted by molar-refractivity contribution is 0.0602. The molecule has 0 unspecified atom stereocenters. The van der Waals surface area contributed by atoms with Crippen LogP contribution < -0.4 is 14.8 Å². The lowest BCUT2D eigenvalue weighted by Gasteiger charge is -2.10. The van der Waals surface area contributed by atoms with Crippen molar-refractivity contribution in [3.8, 4) is 11.5 Å². The van der Waals surface area contributed by atoms with Crippen molar-refractivity contribution in [3.05, 3.63) is 40.3 Å². The van der Waals surface area contributed by atoms with Crippen molar-refractivity contribution in [2.24, 2.45) is 0 Å². The zero-order valence-corrected chi connectivity index (χ0v) is 14.2. The number of rotatable bonds is 6. The molecule has 0 aliphatic rings. The second kappa shape index (κ2) is 7.80. The summed E-state index contributed by atoms with van der Waals surface area (Å²) in [6.07, 6.45) is 0. The predicted octanol–water partition coefficient (Wildman–Crippen LogP) is 2.30. The molecular weight excluding hydrogens is 334 g/mol. The minimum absolute atomic E-state index is 0.195. The Labute approximate surface area is 142 Å². The second-order valence-corrected chi connectivity index (χ2v) is 5.77. The number of anilines is 1. The van der Waals surface area contributed by atoms with Gasteiger partial charge < -0.3 is 24.6 Å². The van der Waals surface area contributed by atoms with Crippen LogP contribution in [-0.2, 0) is 11.3 Å². The van der Waals surface area contributed by atoms with Crippen molar-refractivity contribution in [1.82, 2.24) is 0 Å². The zero-order chi connectivity index (χ0) is 17.7. The molecule has 2 N–H and O–H groups in total. The maximum Gasteiger partial charge on any atom is 0.340 e. The number of thiophene rings is 1. The van der Waals surface area contributed by atoms with Crippen LogP contribution in [0.3, 0.4) is 0 Å². The normalized spacial score (nSPS) is 10.2. The summed E-state index contributed by atoms with van der Waals surface area (Å²) in [4.78, 5) is 24.7. The van der Waals surface area contributed by atoms with Crippen LogP contribution in [0.1, 0.15) is 25.6 Å². The highest BCUT2D eigenvalue weighted by Gasteiger charge is 2.19. The molecule has 24 heavy (non-hydrogen) atoms. The third kappa shape index (κ3) is 3.66. The Balaban J connectivity index is 2.29. The molecule has 8 heteroatoms. The number of nitrogens with one attached hydrogen (secondary N) is 1. The molecule has 1 heterocycles. The molecule has 0 atom stereocenters. The molecule has 2 aromatic rings. The lowest BCUT2D eigenvalue weighted by atomic mass is 10.2. The molecule has 0 saturated heterocycles. The van der Waals surface area contributed by atoms with Crippen molar-refractivity contribution in [2.75, 3.05) is 26.6 Å². The van der Waals surface area contributed by atoms with Gasteiger partial charge >= 0.3 is 5.97 Å². The van der Waals surface area contributed by atoms with Gasteiger partial charge in [-0.2, -0.15) is 0 Å². The van der Waals surface area contributed by atoms with Crippen LogP contribution in [0, 0.1) is 0 Å². The van der Waals surface area contributed by atoms with E-state index in [9.17, 15) is 14.7 Å². The third-order valence-corrected chi connectivity index (χ3v) is 4.25. The number of amides is 1. The maximum atomic E-state index is 12.4. The van der Waals surface area contributed by atoms with Crippen LogP contribution in [0.4, 0.5) is 5.00 Å². The average molecular weight is 351 g/mol. The molecular formula is C16H17NO6S. The number of carbonyl (C=O) groups is 2. The second-order valence-electron chi connectivity index (χ2n) is 4.63. The summed E-state index contributed by atoms with van der Waals surface area (Å²) in [6.45, 7) is -0.235. The molecule has 0 bridgehead atoms. The first-order valence-electron chi connectivity index (χ1n) is 6.89. The molecule has 1 aromatic heterocycles. The summed E-state index contributed by atoms with van der Waals surface area (Å²) in [7, 11) is 4.22. The fraction of sp³-hybridized carbons (Fsp3) is 0.250. The van der Waals surface area contributed by atoms with E-state index in [0.29, 0.717) is 26.9 Å². The molecule has 7 nitrogen and oxygen atoms in total. The molecule has 0 fully saturated rings. The van der Waals surface area contributed by atoms with Crippen LogP contribution >= 0.6 is 11.3 Å². The Bertz CT molecular complexity index is 755. The van der Waals surface area contributed by atoms with E-state index in [1.165, 1.54) is 33.5 Å². The van der Waals surface area contributed by atoms with E-state index in [0.717, 1.165) is 11.3 Å². The average Bonchev–Trinajstić information content (AvgIpc) is 3.03. The Kier molecular flexibility index (Phi) is 5.78. The van der Waals surface area contributed by atoms with Crippen LogP contribution in [0.25, 0.3) is 0 Å². The Morgan fingerprint density at radius 2 is 1.83 bits per heavy atom. The molecule has 0 saturated carbocycles. The van der Waals surface area contributed by atoms with Gasteiger partial charge in [-0.05, 0) is 24.3 Å². The quantitative estimate of drug-likeness (QED) is 0.776. The highest BCUT2D eigenvalue weighted by molar-refractivity contribution is 7.16. The monoisotopic (exact) mass is 351 g/mol. The van der Waals surface area contributed by atoms with E-state index in [1.807, 2.05) is 0 Å². The number of aliphatic hydroxyl groups excluding tert-OH is 1. The number of hydrogen-bond donors (Lipinski definition) is 2. The van der Waals surface area contributed by atoms with Crippen molar-refractivity contribution in [3.63, 3.8) is 0 Å². The van der Waals surface area contributed by atoms with Gasteiger partial charge in [-0.1, -0.05) is 0 Å². The summed E-state index contributed by atoms with van der Waals surface area (Å²) in [5.74, 6) is -0.0930. The Hall–Kier alpha value is -2.58. The van der Waals surface area contributed by atoms with Crippen LogP contribution in [0.2, 0.25) is 0 Å². The lowest BCUT2D eigenvalue weighted by Crippen LogP contribution is -2.14. The SMILES string of the molecule is COC(=O)c1cc(CO)sc1NC(=O)c1ccc(OC)c(OC)c1. The zero-order valence-electron chi connectivity index (χ0n) is 13.4. The van der Waals surface area contributed by atoms with Gasteiger partial charge in [0.05, 0.1) is 33.5 Å². The van der Waals surface area contributed by atoms with Gasteiger partial charge in [-0.25, -0.2) is 4.79 Å². The summed E-state index contributed by atoms with van der Waals surface area (Å²) >= 11 is 1.11. The summed E-state index contributed by atoms with van der Waals surface area (Å²) in [6, 6.07) is 6.21. The van der Waals surface area contributed by atoms with Crippen molar-refractivity contribution < 1.29 is 28.9 Å². The van der Waals surface area contributed by atoms with E-state index in [1.54, 1.807) is 12.1 Å². The Morgan fingerprint density at radius 3 is 2.42 bits per heavy atom. The van der Waals surface area contributed by atoms with Gasteiger partial charge in [-0.3, -0.25) is 4.79 Å². The highest BCUT2D eigenvalue weighted by Crippen LogP contribution is 2.31. The fourth-order valence-electron chi connectivity index (χ4n) is 2.03. The van der Waals surface area contributed by atoms with Gasteiger partial charge in [0, 0.05) is 10.4 Å². The molecule has 1 aromatic carbocycles.